The van der Waals surface area contributed by atoms with E-state index in [1.54, 1.807) is 41.3 Å². The average Bonchev–Trinajstić information content (AvgIpc) is 3.94. The Morgan fingerprint density at radius 3 is 2.28 bits per heavy atom. The second-order valence-corrected chi connectivity index (χ2v) is 14.4. The van der Waals surface area contributed by atoms with Gasteiger partial charge in [0.2, 0.25) is 0 Å². The summed E-state index contributed by atoms with van der Waals surface area (Å²) >= 11 is 0. The fourth-order valence-electron chi connectivity index (χ4n) is 5.93. The van der Waals surface area contributed by atoms with E-state index in [-0.39, 0.29) is 35.1 Å². The summed E-state index contributed by atoms with van der Waals surface area (Å²) in [5.74, 6) is -0.0721. The first-order valence-corrected chi connectivity index (χ1v) is 17.2. The largest absolute Gasteiger partial charge is 0.490 e. The van der Waals surface area contributed by atoms with Gasteiger partial charge in [-0.25, -0.2) is 12.8 Å². The van der Waals surface area contributed by atoms with Crippen molar-refractivity contribution >= 4 is 21.7 Å². The van der Waals surface area contributed by atoms with Crippen LogP contribution in [0.15, 0.2) is 71.8 Å². The fraction of sp³-hybridized carbons (Fsp3) is 0.412. The lowest BCUT2D eigenvalue weighted by Gasteiger charge is -2.35. The van der Waals surface area contributed by atoms with Crippen molar-refractivity contribution in [2.24, 2.45) is 0 Å². The van der Waals surface area contributed by atoms with Crippen LogP contribution in [0.2, 0.25) is 0 Å². The van der Waals surface area contributed by atoms with Crippen LogP contribution in [0, 0.1) is 11.3 Å². The monoisotopic (exact) mass is 645 g/mol. The zero-order valence-electron chi connectivity index (χ0n) is 25.3. The number of amides is 2. The molecule has 46 heavy (non-hydrogen) atoms. The highest BCUT2D eigenvalue weighted by Gasteiger charge is 2.37. The number of ether oxygens (including phenoxy) is 1. The molecule has 240 valence electrons. The van der Waals surface area contributed by atoms with E-state index in [1.807, 2.05) is 17.0 Å². The van der Waals surface area contributed by atoms with Gasteiger partial charge in [-0.15, -0.1) is 0 Å². The van der Waals surface area contributed by atoms with Crippen LogP contribution in [0.3, 0.4) is 0 Å². The van der Waals surface area contributed by atoms with Gasteiger partial charge in [0.05, 0.1) is 33.4 Å². The average molecular weight is 646 g/mol. The van der Waals surface area contributed by atoms with E-state index in [9.17, 15) is 18.0 Å². The molecule has 1 aliphatic carbocycles. The third-order valence-corrected chi connectivity index (χ3v) is 11.1. The molecule has 1 saturated carbocycles. The molecule has 6 rings (SSSR count). The van der Waals surface area contributed by atoms with Crippen molar-refractivity contribution in [1.29, 1.82) is 5.26 Å². The summed E-state index contributed by atoms with van der Waals surface area (Å²) in [6.07, 6.45) is 3.14. The molecule has 1 N–H and O–H groups in total. The lowest BCUT2D eigenvalue weighted by atomic mass is 10.0. The third kappa shape index (κ3) is 7.37. The normalized spacial score (nSPS) is 20.9. The van der Waals surface area contributed by atoms with Gasteiger partial charge in [-0.3, -0.25) is 19.5 Å². The summed E-state index contributed by atoms with van der Waals surface area (Å²) in [6.45, 7) is 2.33. The third-order valence-electron chi connectivity index (χ3n) is 8.82. The van der Waals surface area contributed by atoms with Crippen LogP contribution in [-0.2, 0) is 16.4 Å². The number of hydrogen-bond donors (Lipinski definition) is 1. The van der Waals surface area contributed by atoms with Crippen LogP contribution in [0.25, 0.3) is 0 Å². The Balaban J connectivity index is 0.946. The van der Waals surface area contributed by atoms with E-state index in [2.05, 4.69) is 16.4 Å². The summed E-state index contributed by atoms with van der Waals surface area (Å²) < 4.78 is 45.9. The number of rotatable bonds is 9. The molecular formula is C34H36FN5O5S. The second kappa shape index (κ2) is 13.6. The van der Waals surface area contributed by atoms with Crippen LogP contribution in [0.5, 0.6) is 5.75 Å². The number of pyridine rings is 1. The van der Waals surface area contributed by atoms with E-state index >= 15 is 4.39 Å². The molecule has 2 atom stereocenters. The number of halogens is 1. The lowest BCUT2D eigenvalue weighted by molar-refractivity contribution is 0.0589. The van der Waals surface area contributed by atoms with Crippen molar-refractivity contribution in [1.82, 2.24) is 20.1 Å². The number of piperidine rings is 2. The van der Waals surface area contributed by atoms with Crippen molar-refractivity contribution in [2.45, 2.75) is 67.1 Å². The van der Waals surface area contributed by atoms with E-state index in [0.29, 0.717) is 61.6 Å². The van der Waals surface area contributed by atoms with E-state index in [0.717, 1.165) is 18.4 Å². The zero-order chi connectivity index (χ0) is 32.3. The Bertz CT molecular complexity index is 1700. The molecule has 10 nitrogen and oxygen atoms in total. The number of likely N-dealkylation sites (tertiary alicyclic amines) is 2. The van der Waals surface area contributed by atoms with E-state index < -0.39 is 28.0 Å². The summed E-state index contributed by atoms with van der Waals surface area (Å²) in [7, 11) is -3.24. The number of benzene rings is 2. The predicted octanol–water partition coefficient (Wildman–Crippen LogP) is 3.92. The van der Waals surface area contributed by atoms with Crippen LogP contribution in [0.4, 0.5) is 4.39 Å². The van der Waals surface area contributed by atoms with Gasteiger partial charge in [0.1, 0.15) is 23.7 Å². The molecule has 2 amide bonds. The minimum atomic E-state index is -3.24. The van der Waals surface area contributed by atoms with Crippen molar-refractivity contribution in [3.05, 3.63) is 89.2 Å². The molecule has 0 spiro atoms. The van der Waals surface area contributed by atoms with E-state index in [1.165, 1.54) is 18.3 Å². The first-order valence-electron chi connectivity index (χ1n) is 15.6. The summed E-state index contributed by atoms with van der Waals surface area (Å²) in [5.41, 5.74) is 2.06. The van der Waals surface area contributed by atoms with Crippen molar-refractivity contribution < 1.29 is 27.1 Å². The van der Waals surface area contributed by atoms with Gasteiger partial charge in [-0.05, 0) is 73.4 Å². The number of nitrogens with one attached hydrogen (secondary N) is 1. The molecule has 12 heteroatoms. The SMILES string of the molecule is N#Cc1ccc(CN2CC[C@@H](NC(=O)c3ccc(C(=O)N4CCC(Oc5ccc(S(=O)(=O)C6CC6)cc5)CC4)nc3)[C@H](F)C2)cc1. The first kappa shape index (κ1) is 31.6. The fourth-order valence-corrected chi connectivity index (χ4v) is 7.59. The number of carbonyl (C=O) groups is 2. The first-order chi connectivity index (χ1) is 22.2. The number of hydrogen-bond acceptors (Lipinski definition) is 8. The minimum Gasteiger partial charge on any atom is -0.490 e. The number of sulfone groups is 1. The molecule has 2 aliphatic heterocycles. The maximum atomic E-state index is 15.0. The Morgan fingerprint density at radius 1 is 0.957 bits per heavy atom. The Morgan fingerprint density at radius 2 is 1.67 bits per heavy atom. The van der Waals surface area contributed by atoms with Gasteiger partial charge in [0.15, 0.2) is 9.84 Å². The number of nitrogens with zero attached hydrogens (tertiary/aromatic N) is 4. The highest BCUT2D eigenvalue weighted by atomic mass is 32.2. The van der Waals surface area contributed by atoms with Crippen molar-refractivity contribution in [2.75, 3.05) is 26.2 Å². The number of nitriles is 1. The standard InChI is InChI=1S/C34H36FN5O5S/c35-30-22-39(21-24-3-1-23(19-36)2-4-24)16-15-31(30)38-33(41)25-5-12-32(37-20-25)34(42)40-17-13-27(14-18-40)45-26-6-8-28(9-7-26)46(43,44)29-10-11-29/h1-9,12,20,27,29-31H,10-11,13-18,21-22H2,(H,38,41)/t30-,31-/m1/s1. The molecule has 1 aromatic heterocycles. The molecule has 3 fully saturated rings. The molecule has 3 aliphatic rings. The molecule has 2 aromatic carbocycles. The molecule has 2 saturated heterocycles. The second-order valence-electron chi connectivity index (χ2n) is 12.2. The van der Waals surface area contributed by atoms with Gasteiger partial charge in [0, 0.05) is 51.8 Å². The Kier molecular flexibility index (Phi) is 9.33. The maximum Gasteiger partial charge on any atom is 0.272 e. The number of aromatic nitrogens is 1. The smallest absolute Gasteiger partial charge is 0.272 e. The molecule has 0 bridgehead atoms. The molecule has 0 unspecified atom stereocenters. The number of carbonyl (C=O) groups excluding carboxylic acids is 2. The Hall–Kier alpha value is -4.34. The summed E-state index contributed by atoms with van der Waals surface area (Å²) in [6, 6.07) is 18.3. The van der Waals surface area contributed by atoms with Crippen LogP contribution in [0.1, 0.15) is 64.1 Å². The molecule has 3 aromatic rings. The molecule has 0 radical (unpaired) electrons. The lowest BCUT2D eigenvalue weighted by Crippen LogP contribution is -2.52. The predicted molar refractivity (Wildman–Crippen MR) is 168 cm³/mol. The quantitative estimate of drug-likeness (QED) is 0.371. The topological polar surface area (TPSA) is 133 Å². The van der Waals surface area contributed by atoms with E-state index in [4.69, 9.17) is 10.00 Å². The van der Waals surface area contributed by atoms with Crippen molar-refractivity contribution in [3.63, 3.8) is 0 Å². The van der Waals surface area contributed by atoms with Gasteiger partial charge >= 0.3 is 0 Å². The maximum absolute atomic E-state index is 15.0. The Labute approximate surface area is 268 Å². The summed E-state index contributed by atoms with van der Waals surface area (Å²) in [4.78, 5) is 34.2. The highest BCUT2D eigenvalue weighted by Crippen LogP contribution is 2.34. The van der Waals surface area contributed by atoms with Gasteiger partial charge in [-0.2, -0.15) is 5.26 Å². The number of alkyl halides is 1. The molecular weight excluding hydrogens is 609 g/mol. The van der Waals surface area contributed by atoms with Gasteiger partial charge in [-0.1, -0.05) is 12.1 Å². The summed E-state index contributed by atoms with van der Waals surface area (Å²) in [5, 5.41) is 11.5. The zero-order valence-corrected chi connectivity index (χ0v) is 26.2. The van der Waals surface area contributed by atoms with Gasteiger partial charge in [0.25, 0.3) is 11.8 Å². The highest BCUT2D eigenvalue weighted by molar-refractivity contribution is 7.92. The van der Waals surface area contributed by atoms with Crippen LogP contribution < -0.4 is 10.1 Å². The molecule has 3 heterocycles. The minimum absolute atomic E-state index is 0.101. The van der Waals surface area contributed by atoms with Crippen LogP contribution in [-0.4, -0.2) is 84.8 Å². The van der Waals surface area contributed by atoms with Crippen LogP contribution >= 0.6 is 0 Å². The van der Waals surface area contributed by atoms with Crippen molar-refractivity contribution in [3.8, 4) is 11.8 Å². The van der Waals surface area contributed by atoms with Gasteiger partial charge < -0.3 is 15.0 Å².